The molecule has 0 bridgehead atoms. The van der Waals surface area contributed by atoms with E-state index in [2.05, 4.69) is 9.97 Å². The van der Waals surface area contributed by atoms with Gasteiger partial charge in [-0.15, -0.1) is 0 Å². The number of carboxylic acids is 1. The molecule has 1 N–H and O–H groups in total. The van der Waals surface area contributed by atoms with Crippen LogP contribution in [0, 0.1) is 0 Å². The normalized spacial score (nSPS) is 10.7. The van der Waals surface area contributed by atoms with Crippen LogP contribution in [0.15, 0.2) is 49.1 Å². The molecule has 0 atom stereocenters. The summed E-state index contributed by atoms with van der Waals surface area (Å²) >= 11 is 0. The second-order valence-electron chi connectivity index (χ2n) is 3.80. The number of hydrogen-bond donors (Lipinski definition) is 1. The second-order valence-corrected chi connectivity index (χ2v) is 3.80. The van der Waals surface area contributed by atoms with E-state index >= 15 is 0 Å². The number of carboxylic acid groups (broad SMARTS) is 1. The predicted octanol–water partition coefficient (Wildman–Crippen LogP) is 2.09. The monoisotopic (exact) mass is 239 g/mol. The average molecular weight is 239 g/mol. The van der Waals surface area contributed by atoms with Gasteiger partial charge in [-0.2, -0.15) is 0 Å². The number of fused-ring (bicyclic) bond motifs is 1. The lowest BCUT2D eigenvalue weighted by Crippen LogP contribution is -1.99. The highest BCUT2D eigenvalue weighted by Crippen LogP contribution is 2.20. The molecule has 5 heteroatoms. The number of pyridine rings is 2. The Bertz CT molecular complexity index is 719. The zero-order valence-corrected chi connectivity index (χ0v) is 9.32. The molecule has 0 fully saturated rings. The molecule has 0 saturated heterocycles. The highest BCUT2D eigenvalue weighted by molar-refractivity contribution is 5.95. The van der Waals surface area contributed by atoms with Crippen molar-refractivity contribution < 1.29 is 9.90 Å². The van der Waals surface area contributed by atoms with Gasteiger partial charge >= 0.3 is 5.97 Å². The highest BCUT2D eigenvalue weighted by atomic mass is 16.4. The molecule has 0 aliphatic carbocycles. The van der Waals surface area contributed by atoms with E-state index < -0.39 is 5.97 Å². The van der Waals surface area contributed by atoms with Crippen molar-refractivity contribution in [3.05, 3.63) is 54.6 Å². The molecular formula is C13H9N3O2. The number of nitrogens with zero attached hydrogens (tertiary/aromatic N) is 3. The Labute approximate surface area is 102 Å². The molecular weight excluding hydrogens is 230 g/mol. The topological polar surface area (TPSA) is 67.5 Å². The van der Waals surface area contributed by atoms with Crippen LogP contribution in [0.5, 0.6) is 0 Å². The van der Waals surface area contributed by atoms with Gasteiger partial charge in [0.15, 0.2) is 0 Å². The Kier molecular flexibility index (Phi) is 2.30. The lowest BCUT2D eigenvalue weighted by Gasteiger charge is -2.02. The zero-order valence-electron chi connectivity index (χ0n) is 9.32. The van der Waals surface area contributed by atoms with Crippen LogP contribution >= 0.6 is 0 Å². The van der Waals surface area contributed by atoms with Crippen molar-refractivity contribution in [2.75, 3.05) is 0 Å². The van der Waals surface area contributed by atoms with Crippen LogP contribution in [0.2, 0.25) is 0 Å². The first-order valence-electron chi connectivity index (χ1n) is 5.37. The molecule has 0 radical (unpaired) electrons. The van der Waals surface area contributed by atoms with E-state index in [-0.39, 0.29) is 5.56 Å². The van der Waals surface area contributed by atoms with Gasteiger partial charge in [0, 0.05) is 24.2 Å². The number of aromatic nitrogens is 3. The van der Waals surface area contributed by atoms with Gasteiger partial charge in [0.2, 0.25) is 0 Å². The third-order valence-electron chi connectivity index (χ3n) is 2.74. The molecule has 88 valence electrons. The maximum absolute atomic E-state index is 11.1. The van der Waals surface area contributed by atoms with E-state index in [4.69, 9.17) is 5.11 Å². The fourth-order valence-electron chi connectivity index (χ4n) is 1.92. The maximum atomic E-state index is 11.1. The van der Waals surface area contributed by atoms with Crippen LogP contribution in [0.25, 0.3) is 16.9 Å². The van der Waals surface area contributed by atoms with E-state index in [0.717, 1.165) is 5.56 Å². The average Bonchev–Trinajstić information content (AvgIpc) is 2.83. The Morgan fingerprint density at radius 1 is 1.22 bits per heavy atom. The van der Waals surface area contributed by atoms with Gasteiger partial charge in [-0.3, -0.25) is 9.38 Å². The first-order valence-corrected chi connectivity index (χ1v) is 5.37. The summed E-state index contributed by atoms with van der Waals surface area (Å²) in [5, 5.41) is 9.11. The molecule has 0 unspecified atom stereocenters. The van der Waals surface area contributed by atoms with E-state index in [0.29, 0.717) is 11.3 Å². The largest absolute Gasteiger partial charge is 0.478 e. The van der Waals surface area contributed by atoms with E-state index in [1.165, 1.54) is 0 Å². The first-order chi connectivity index (χ1) is 8.77. The number of carbonyl (C=O) groups is 1. The highest BCUT2D eigenvalue weighted by Gasteiger charge is 2.12. The Balaban J connectivity index is 2.28. The summed E-state index contributed by atoms with van der Waals surface area (Å²) in [5.41, 5.74) is 1.72. The summed E-state index contributed by atoms with van der Waals surface area (Å²) in [6.45, 7) is 0. The van der Waals surface area contributed by atoms with Gasteiger partial charge in [0.25, 0.3) is 0 Å². The smallest absolute Gasteiger partial charge is 0.337 e. The van der Waals surface area contributed by atoms with Gasteiger partial charge < -0.3 is 5.11 Å². The fourth-order valence-corrected chi connectivity index (χ4v) is 1.92. The molecule has 0 aliphatic rings. The lowest BCUT2D eigenvalue weighted by molar-refractivity contribution is 0.0698. The summed E-state index contributed by atoms with van der Waals surface area (Å²) in [6.07, 6.45) is 6.72. The molecule has 3 aromatic rings. The SMILES string of the molecule is O=C(O)c1cccn2c(-c3ccncc3)ncc12. The Morgan fingerprint density at radius 2 is 2.00 bits per heavy atom. The summed E-state index contributed by atoms with van der Waals surface area (Å²) < 4.78 is 1.76. The van der Waals surface area contributed by atoms with Crippen LogP contribution in [0.3, 0.4) is 0 Å². The minimum absolute atomic E-state index is 0.241. The molecule has 0 saturated carbocycles. The van der Waals surface area contributed by atoms with Crippen molar-refractivity contribution in [3.63, 3.8) is 0 Å². The zero-order chi connectivity index (χ0) is 12.5. The molecule has 3 aromatic heterocycles. The second kappa shape index (κ2) is 3.96. The summed E-state index contributed by atoms with van der Waals surface area (Å²) in [4.78, 5) is 19.3. The van der Waals surface area contributed by atoms with Gasteiger partial charge in [-0.25, -0.2) is 9.78 Å². The van der Waals surface area contributed by atoms with Crippen molar-refractivity contribution in [1.82, 2.24) is 14.4 Å². The van der Waals surface area contributed by atoms with Gasteiger partial charge in [0.1, 0.15) is 5.82 Å². The minimum atomic E-state index is -0.957. The third-order valence-corrected chi connectivity index (χ3v) is 2.74. The molecule has 3 heterocycles. The quantitative estimate of drug-likeness (QED) is 0.743. The number of aromatic carboxylic acids is 1. The van der Waals surface area contributed by atoms with Crippen molar-refractivity contribution in [3.8, 4) is 11.4 Å². The van der Waals surface area contributed by atoms with Crippen molar-refractivity contribution >= 4 is 11.5 Å². The van der Waals surface area contributed by atoms with Crippen LogP contribution in [-0.2, 0) is 0 Å². The van der Waals surface area contributed by atoms with Gasteiger partial charge in [-0.1, -0.05) is 0 Å². The minimum Gasteiger partial charge on any atom is -0.478 e. The van der Waals surface area contributed by atoms with Crippen LogP contribution in [-0.4, -0.2) is 25.4 Å². The first kappa shape index (κ1) is 10.5. The molecule has 0 aliphatic heterocycles. The molecule has 0 spiro atoms. The molecule has 0 amide bonds. The lowest BCUT2D eigenvalue weighted by atomic mass is 10.2. The van der Waals surface area contributed by atoms with E-state index in [9.17, 15) is 4.79 Å². The molecule has 5 nitrogen and oxygen atoms in total. The van der Waals surface area contributed by atoms with Gasteiger partial charge in [0.05, 0.1) is 17.3 Å². The maximum Gasteiger partial charge on any atom is 0.337 e. The molecule has 18 heavy (non-hydrogen) atoms. The number of imidazole rings is 1. The van der Waals surface area contributed by atoms with Crippen molar-refractivity contribution in [2.45, 2.75) is 0 Å². The fraction of sp³-hybridized carbons (Fsp3) is 0. The van der Waals surface area contributed by atoms with Crippen LogP contribution in [0.1, 0.15) is 10.4 Å². The Hall–Kier alpha value is -2.69. The third kappa shape index (κ3) is 1.53. The standard InChI is InChI=1S/C13H9N3O2/c17-13(18)10-2-1-7-16-11(10)8-15-12(16)9-3-5-14-6-4-9/h1-8H,(H,17,18). The predicted molar refractivity (Wildman–Crippen MR) is 65.4 cm³/mol. The number of hydrogen-bond acceptors (Lipinski definition) is 3. The van der Waals surface area contributed by atoms with Crippen LogP contribution < -0.4 is 0 Å². The van der Waals surface area contributed by atoms with Crippen LogP contribution in [0.4, 0.5) is 0 Å². The summed E-state index contributed by atoms with van der Waals surface area (Å²) in [6, 6.07) is 6.93. The van der Waals surface area contributed by atoms with E-state index in [1.807, 2.05) is 12.1 Å². The summed E-state index contributed by atoms with van der Waals surface area (Å²) in [5.74, 6) is -0.253. The van der Waals surface area contributed by atoms with E-state index in [1.54, 1.807) is 41.3 Å². The van der Waals surface area contributed by atoms with Gasteiger partial charge in [-0.05, 0) is 24.3 Å². The van der Waals surface area contributed by atoms with Crippen molar-refractivity contribution in [1.29, 1.82) is 0 Å². The van der Waals surface area contributed by atoms with Crippen molar-refractivity contribution in [2.24, 2.45) is 0 Å². The molecule has 0 aromatic carbocycles. The molecule has 3 rings (SSSR count). The summed E-state index contributed by atoms with van der Waals surface area (Å²) in [7, 11) is 0. The Morgan fingerprint density at radius 3 is 2.72 bits per heavy atom. The number of rotatable bonds is 2.